The lowest BCUT2D eigenvalue weighted by Gasteiger charge is -2.43. The van der Waals surface area contributed by atoms with Crippen LogP contribution >= 0.6 is 0 Å². The van der Waals surface area contributed by atoms with Crippen molar-refractivity contribution >= 4 is 39.1 Å². The molecule has 3 heterocycles. The summed E-state index contributed by atoms with van der Waals surface area (Å²) < 4.78 is 56.3. The maximum absolute atomic E-state index is 12.8. The number of benzene rings is 2. The molecule has 0 radical (unpaired) electrons. The molecule has 36 heavy (non-hydrogen) atoms. The van der Waals surface area contributed by atoms with E-state index in [9.17, 15) is 22.2 Å². The number of nitrogens with zero attached hydrogens (tertiary/aromatic N) is 2. The first-order valence-corrected chi connectivity index (χ1v) is 12.8. The Hall–Kier alpha value is -3.18. The summed E-state index contributed by atoms with van der Waals surface area (Å²) in [6.45, 7) is 3.05. The molecule has 1 unspecified atom stereocenters. The number of fused-ring (bicyclic) bond motifs is 2. The number of carbonyl (C=O) groups excluding carboxylic acids is 1. The standard InChI is InChI=1S/C25H25F3N4O3S/c1-16-6-7-19-18(10-16)20(31-24(14-35-15-24)13-29-23(33)25(26,27)28)11-22(30-19)32-8-9-36(34)21-5-3-2-4-17(21)12-32/h2-7,10-11H,8-9,12-15H2,1H3,(H,29,33)(H,30,31). The van der Waals surface area contributed by atoms with Crippen molar-refractivity contribution in [2.24, 2.45) is 0 Å². The predicted octanol–water partition coefficient (Wildman–Crippen LogP) is 3.53. The molecule has 0 spiro atoms. The van der Waals surface area contributed by atoms with Crippen LogP contribution in [0.25, 0.3) is 10.9 Å². The van der Waals surface area contributed by atoms with Crippen LogP contribution in [0.1, 0.15) is 11.1 Å². The second-order valence-corrected chi connectivity index (χ2v) is 10.7. The van der Waals surface area contributed by atoms with Crippen molar-refractivity contribution in [1.29, 1.82) is 0 Å². The highest BCUT2D eigenvalue weighted by Crippen LogP contribution is 2.34. The summed E-state index contributed by atoms with van der Waals surface area (Å²) >= 11 is 0. The fourth-order valence-electron chi connectivity index (χ4n) is 4.43. The van der Waals surface area contributed by atoms with Crippen LogP contribution in [0, 0.1) is 6.92 Å². The van der Waals surface area contributed by atoms with Gasteiger partial charge in [0, 0.05) is 47.4 Å². The average molecular weight is 519 g/mol. The number of alkyl halides is 3. The van der Waals surface area contributed by atoms with E-state index in [0.717, 1.165) is 21.4 Å². The Bertz CT molecular complexity index is 1340. The van der Waals surface area contributed by atoms with Gasteiger partial charge in [0.15, 0.2) is 0 Å². The van der Waals surface area contributed by atoms with Gasteiger partial charge >= 0.3 is 12.1 Å². The van der Waals surface area contributed by atoms with Gasteiger partial charge in [-0.3, -0.25) is 9.00 Å². The summed E-state index contributed by atoms with van der Waals surface area (Å²) in [4.78, 5) is 19.2. The molecule has 2 aliphatic heterocycles. The highest BCUT2D eigenvalue weighted by molar-refractivity contribution is 7.85. The van der Waals surface area contributed by atoms with Crippen molar-refractivity contribution in [2.45, 2.75) is 30.1 Å². The summed E-state index contributed by atoms with van der Waals surface area (Å²) in [5, 5.41) is 6.15. The van der Waals surface area contributed by atoms with Crippen molar-refractivity contribution in [2.75, 3.05) is 42.3 Å². The summed E-state index contributed by atoms with van der Waals surface area (Å²) in [5.74, 6) is -0.866. The number of ether oxygens (including phenoxy) is 1. The van der Waals surface area contributed by atoms with Crippen LogP contribution in [-0.2, 0) is 26.9 Å². The van der Waals surface area contributed by atoms with E-state index in [-0.39, 0.29) is 19.8 Å². The predicted molar refractivity (Wildman–Crippen MR) is 131 cm³/mol. The van der Waals surface area contributed by atoms with Crippen LogP contribution in [0.15, 0.2) is 53.4 Å². The van der Waals surface area contributed by atoms with Gasteiger partial charge in [-0.05, 0) is 30.7 Å². The Morgan fingerprint density at radius 1 is 1.19 bits per heavy atom. The Morgan fingerprint density at radius 3 is 2.69 bits per heavy atom. The number of aryl methyl sites for hydroxylation is 1. The Kier molecular flexibility index (Phi) is 6.37. The molecule has 1 atom stereocenters. The van der Waals surface area contributed by atoms with Crippen molar-refractivity contribution < 1.29 is 26.9 Å². The van der Waals surface area contributed by atoms with E-state index in [1.807, 2.05) is 60.8 Å². The lowest BCUT2D eigenvalue weighted by atomic mass is 9.96. The lowest BCUT2D eigenvalue weighted by molar-refractivity contribution is -0.174. The van der Waals surface area contributed by atoms with Crippen LogP contribution in [0.2, 0.25) is 0 Å². The van der Waals surface area contributed by atoms with E-state index >= 15 is 0 Å². The minimum absolute atomic E-state index is 0.145. The van der Waals surface area contributed by atoms with Gasteiger partial charge in [-0.1, -0.05) is 29.8 Å². The third kappa shape index (κ3) is 4.90. The number of aromatic nitrogens is 1. The average Bonchev–Trinajstić information content (AvgIpc) is 2.99. The smallest absolute Gasteiger partial charge is 0.376 e. The fraction of sp³-hybridized carbons (Fsp3) is 0.360. The van der Waals surface area contributed by atoms with Gasteiger partial charge in [0.25, 0.3) is 0 Å². The number of carbonyl (C=O) groups is 1. The zero-order valence-corrected chi connectivity index (χ0v) is 20.3. The molecular formula is C25H25F3N4O3S. The van der Waals surface area contributed by atoms with Crippen molar-refractivity contribution in [3.8, 4) is 0 Å². The highest BCUT2D eigenvalue weighted by Gasteiger charge is 2.44. The van der Waals surface area contributed by atoms with Gasteiger partial charge in [0.2, 0.25) is 0 Å². The van der Waals surface area contributed by atoms with Gasteiger partial charge in [-0.15, -0.1) is 0 Å². The second-order valence-electron chi connectivity index (χ2n) is 9.21. The van der Waals surface area contributed by atoms with E-state index in [2.05, 4.69) is 10.2 Å². The highest BCUT2D eigenvalue weighted by atomic mass is 32.2. The molecule has 7 nitrogen and oxygen atoms in total. The molecule has 1 saturated heterocycles. The van der Waals surface area contributed by atoms with Crippen LogP contribution in [0.4, 0.5) is 24.7 Å². The topological polar surface area (TPSA) is 83.6 Å². The molecule has 2 aliphatic rings. The maximum Gasteiger partial charge on any atom is 0.471 e. The fourth-order valence-corrected chi connectivity index (χ4v) is 5.69. The summed E-state index contributed by atoms with van der Waals surface area (Å²) in [5.41, 5.74) is 2.48. The number of halogens is 3. The molecule has 1 fully saturated rings. The molecule has 11 heteroatoms. The third-order valence-electron chi connectivity index (χ3n) is 6.40. The second kappa shape index (κ2) is 9.36. The molecule has 2 N–H and O–H groups in total. The minimum atomic E-state index is -4.96. The van der Waals surface area contributed by atoms with E-state index in [0.29, 0.717) is 35.9 Å². The van der Waals surface area contributed by atoms with Crippen LogP contribution in [0.3, 0.4) is 0 Å². The Labute approximate surface area is 208 Å². The lowest BCUT2D eigenvalue weighted by Crippen LogP contribution is -2.63. The number of nitrogens with one attached hydrogen (secondary N) is 2. The number of rotatable bonds is 5. The van der Waals surface area contributed by atoms with Gasteiger partial charge in [-0.2, -0.15) is 13.2 Å². The van der Waals surface area contributed by atoms with E-state index in [4.69, 9.17) is 9.72 Å². The summed E-state index contributed by atoms with van der Waals surface area (Å²) in [6.07, 6.45) is -4.96. The number of anilines is 2. The van der Waals surface area contributed by atoms with E-state index in [1.165, 1.54) is 0 Å². The number of amides is 1. The van der Waals surface area contributed by atoms with Crippen LogP contribution in [-0.4, -0.2) is 58.9 Å². The molecular weight excluding hydrogens is 493 g/mol. The number of hydrogen-bond acceptors (Lipinski definition) is 6. The molecule has 3 aromatic rings. The Morgan fingerprint density at radius 2 is 1.97 bits per heavy atom. The first-order chi connectivity index (χ1) is 17.1. The largest absolute Gasteiger partial charge is 0.471 e. The minimum Gasteiger partial charge on any atom is -0.376 e. The zero-order chi connectivity index (χ0) is 25.5. The van der Waals surface area contributed by atoms with Crippen molar-refractivity contribution in [1.82, 2.24) is 10.3 Å². The first kappa shape index (κ1) is 24.5. The number of hydrogen-bond donors (Lipinski definition) is 2. The summed E-state index contributed by atoms with van der Waals surface area (Å²) in [7, 11) is -1.12. The number of pyridine rings is 1. The van der Waals surface area contributed by atoms with Gasteiger partial charge in [-0.25, -0.2) is 4.98 Å². The molecule has 0 saturated carbocycles. The monoisotopic (exact) mass is 518 g/mol. The molecule has 0 bridgehead atoms. The SMILES string of the molecule is Cc1ccc2nc(N3CCS(=O)c4ccccc4C3)cc(NC3(CNC(=O)C(F)(F)F)COC3)c2c1. The quantitative estimate of drug-likeness (QED) is 0.538. The van der Waals surface area contributed by atoms with Crippen LogP contribution in [0.5, 0.6) is 0 Å². The van der Waals surface area contributed by atoms with E-state index < -0.39 is 28.4 Å². The molecule has 190 valence electrons. The zero-order valence-electron chi connectivity index (χ0n) is 19.5. The van der Waals surface area contributed by atoms with Gasteiger partial charge < -0.3 is 20.3 Å². The molecule has 2 aromatic carbocycles. The molecule has 1 aromatic heterocycles. The summed E-state index contributed by atoms with van der Waals surface area (Å²) in [6, 6.07) is 15.3. The van der Waals surface area contributed by atoms with Crippen molar-refractivity contribution in [3.05, 3.63) is 59.7 Å². The maximum atomic E-state index is 12.8. The first-order valence-electron chi connectivity index (χ1n) is 11.5. The molecule has 5 rings (SSSR count). The molecule has 1 amide bonds. The normalized spacial score (nSPS) is 19.2. The van der Waals surface area contributed by atoms with Crippen molar-refractivity contribution in [3.63, 3.8) is 0 Å². The van der Waals surface area contributed by atoms with E-state index in [1.54, 1.807) is 0 Å². The Balaban J connectivity index is 1.49. The third-order valence-corrected chi connectivity index (χ3v) is 7.84. The molecule has 0 aliphatic carbocycles. The van der Waals surface area contributed by atoms with Gasteiger partial charge in [0.05, 0.1) is 29.5 Å². The van der Waals surface area contributed by atoms with Crippen LogP contribution < -0.4 is 15.5 Å². The van der Waals surface area contributed by atoms with Gasteiger partial charge in [0.1, 0.15) is 11.4 Å².